The highest BCUT2D eigenvalue weighted by atomic mass is 35.5. The molecule has 114 valence electrons. The first-order valence-corrected chi connectivity index (χ1v) is 7.62. The number of carboxylic acid groups (broad SMARTS) is 1. The Morgan fingerprint density at radius 1 is 1.48 bits per heavy atom. The fourth-order valence-corrected chi connectivity index (χ4v) is 3.14. The summed E-state index contributed by atoms with van der Waals surface area (Å²) in [7, 11) is 0. The normalized spacial score (nSPS) is 19.5. The maximum Gasteiger partial charge on any atom is 0.305 e. The van der Waals surface area contributed by atoms with Crippen molar-refractivity contribution in [1.82, 2.24) is 4.90 Å². The molecule has 5 heteroatoms. The lowest BCUT2D eigenvalue weighted by Crippen LogP contribution is -2.40. The maximum absolute atomic E-state index is 12.5. The van der Waals surface area contributed by atoms with Gasteiger partial charge in [0.05, 0.1) is 6.42 Å². The van der Waals surface area contributed by atoms with Crippen molar-refractivity contribution in [2.45, 2.75) is 38.6 Å². The van der Waals surface area contributed by atoms with E-state index >= 15 is 0 Å². The molecular formula is C16H20ClNO3. The average molecular weight is 310 g/mol. The largest absolute Gasteiger partial charge is 0.481 e. The topological polar surface area (TPSA) is 57.6 Å². The molecule has 4 nitrogen and oxygen atoms in total. The van der Waals surface area contributed by atoms with Crippen LogP contribution in [0.15, 0.2) is 24.3 Å². The molecule has 1 saturated heterocycles. The van der Waals surface area contributed by atoms with Gasteiger partial charge in [-0.15, -0.1) is 0 Å². The number of amides is 1. The van der Waals surface area contributed by atoms with Crippen LogP contribution >= 0.6 is 11.6 Å². The van der Waals surface area contributed by atoms with Crippen LogP contribution in [0.1, 0.15) is 31.7 Å². The molecule has 1 amide bonds. The number of benzene rings is 1. The minimum atomic E-state index is -0.845. The predicted octanol–water partition coefficient (Wildman–Crippen LogP) is 2.98. The number of nitrogens with zero attached hydrogens (tertiary/aromatic N) is 1. The minimum absolute atomic E-state index is 0.0373. The molecule has 1 aromatic rings. The summed E-state index contributed by atoms with van der Waals surface area (Å²) in [6.45, 7) is 2.55. The monoisotopic (exact) mass is 309 g/mol. The quantitative estimate of drug-likeness (QED) is 0.909. The van der Waals surface area contributed by atoms with E-state index < -0.39 is 5.97 Å². The number of carbonyl (C=O) groups excluding carboxylic acids is 1. The van der Waals surface area contributed by atoms with Gasteiger partial charge in [0.2, 0.25) is 5.91 Å². The van der Waals surface area contributed by atoms with Gasteiger partial charge in [0, 0.05) is 23.5 Å². The van der Waals surface area contributed by atoms with Gasteiger partial charge < -0.3 is 10.0 Å². The number of aliphatic carboxylic acids is 1. The molecular weight excluding hydrogens is 290 g/mol. The molecule has 2 atom stereocenters. The van der Waals surface area contributed by atoms with E-state index in [1.807, 2.05) is 25.1 Å². The molecule has 2 unspecified atom stereocenters. The molecule has 1 heterocycles. The van der Waals surface area contributed by atoms with E-state index in [-0.39, 0.29) is 24.3 Å². The Morgan fingerprint density at radius 2 is 2.24 bits per heavy atom. The van der Waals surface area contributed by atoms with Crippen molar-refractivity contribution in [3.05, 3.63) is 34.9 Å². The van der Waals surface area contributed by atoms with E-state index in [2.05, 4.69) is 0 Å². The van der Waals surface area contributed by atoms with Crippen molar-refractivity contribution >= 4 is 23.5 Å². The van der Waals surface area contributed by atoms with Crippen LogP contribution in [0.5, 0.6) is 0 Å². The highest BCUT2D eigenvalue weighted by Gasteiger charge is 2.32. The van der Waals surface area contributed by atoms with Gasteiger partial charge in [-0.05, 0) is 37.0 Å². The molecule has 21 heavy (non-hydrogen) atoms. The van der Waals surface area contributed by atoms with Gasteiger partial charge in [0.15, 0.2) is 0 Å². The highest BCUT2D eigenvalue weighted by Crippen LogP contribution is 2.24. The van der Waals surface area contributed by atoms with Gasteiger partial charge in [-0.3, -0.25) is 9.59 Å². The molecule has 0 saturated carbocycles. The van der Waals surface area contributed by atoms with Crippen LogP contribution in [0.25, 0.3) is 0 Å². The van der Waals surface area contributed by atoms with Gasteiger partial charge >= 0.3 is 5.97 Å². The van der Waals surface area contributed by atoms with E-state index in [0.717, 1.165) is 18.4 Å². The Bertz CT molecular complexity index is 532. The van der Waals surface area contributed by atoms with Gasteiger partial charge in [0.25, 0.3) is 0 Å². The summed E-state index contributed by atoms with van der Waals surface area (Å²) in [6.07, 6.45) is 2.32. The van der Waals surface area contributed by atoms with E-state index in [1.165, 1.54) is 0 Å². The zero-order chi connectivity index (χ0) is 15.4. The lowest BCUT2D eigenvalue weighted by atomic mass is 9.99. The third-order valence-corrected chi connectivity index (χ3v) is 4.16. The summed E-state index contributed by atoms with van der Waals surface area (Å²) in [5, 5.41) is 9.59. The minimum Gasteiger partial charge on any atom is -0.481 e. The Kier molecular flexibility index (Phi) is 5.23. The molecule has 1 N–H and O–H groups in total. The highest BCUT2D eigenvalue weighted by molar-refractivity contribution is 6.30. The Morgan fingerprint density at radius 3 is 2.90 bits per heavy atom. The number of carbonyl (C=O) groups is 2. The summed E-state index contributed by atoms with van der Waals surface area (Å²) in [5.41, 5.74) is 1.03. The van der Waals surface area contributed by atoms with E-state index in [9.17, 15) is 9.59 Å². The summed E-state index contributed by atoms with van der Waals surface area (Å²) < 4.78 is 0. The molecule has 0 radical (unpaired) electrons. The standard InChI is InChI=1S/C16H20ClNO3/c1-11(8-12-4-2-5-13(17)9-12)16(21)18-7-3-6-14(18)10-15(19)20/h2,4-5,9,11,14H,3,6-8,10H2,1H3,(H,19,20). The summed E-state index contributed by atoms with van der Waals surface area (Å²) in [6, 6.07) is 7.34. The van der Waals surface area contributed by atoms with E-state index in [4.69, 9.17) is 16.7 Å². The number of rotatable bonds is 5. The molecule has 0 aromatic heterocycles. The molecule has 0 spiro atoms. The second-order valence-electron chi connectivity index (χ2n) is 5.66. The van der Waals surface area contributed by atoms with Crippen LogP contribution in [0.4, 0.5) is 0 Å². The van der Waals surface area contributed by atoms with Crippen LogP contribution in [0.2, 0.25) is 5.02 Å². The molecule has 1 aliphatic rings. The summed E-state index contributed by atoms with van der Waals surface area (Å²) in [4.78, 5) is 25.1. The Labute approximate surface area is 129 Å². The van der Waals surface area contributed by atoms with Crippen LogP contribution < -0.4 is 0 Å². The summed E-state index contributed by atoms with van der Waals surface area (Å²) in [5.74, 6) is -0.973. The second-order valence-corrected chi connectivity index (χ2v) is 6.10. The van der Waals surface area contributed by atoms with Crippen molar-refractivity contribution in [1.29, 1.82) is 0 Å². The first-order chi connectivity index (χ1) is 9.97. The number of hydrogen-bond donors (Lipinski definition) is 1. The lowest BCUT2D eigenvalue weighted by molar-refractivity contribution is -0.141. The van der Waals surface area contributed by atoms with Crippen molar-refractivity contribution in [3.63, 3.8) is 0 Å². The molecule has 2 rings (SSSR count). The third-order valence-electron chi connectivity index (χ3n) is 3.92. The Balaban J connectivity index is 1.99. The van der Waals surface area contributed by atoms with Crippen molar-refractivity contribution in [2.24, 2.45) is 5.92 Å². The van der Waals surface area contributed by atoms with Crippen LogP contribution in [0, 0.1) is 5.92 Å². The van der Waals surface area contributed by atoms with Crippen molar-refractivity contribution < 1.29 is 14.7 Å². The zero-order valence-electron chi connectivity index (χ0n) is 12.1. The fraction of sp³-hybridized carbons (Fsp3) is 0.500. The lowest BCUT2D eigenvalue weighted by Gasteiger charge is -2.26. The molecule has 1 aliphatic heterocycles. The van der Waals surface area contributed by atoms with Gasteiger partial charge in [-0.25, -0.2) is 0 Å². The first-order valence-electron chi connectivity index (χ1n) is 7.24. The number of halogens is 1. The van der Waals surface area contributed by atoms with Crippen LogP contribution in [-0.2, 0) is 16.0 Å². The zero-order valence-corrected chi connectivity index (χ0v) is 12.8. The maximum atomic E-state index is 12.5. The van der Waals surface area contributed by atoms with E-state index in [1.54, 1.807) is 11.0 Å². The average Bonchev–Trinajstić information content (AvgIpc) is 2.85. The molecule has 1 aromatic carbocycles. The summed E-state index contributed by atoms with van der Waals surface area (Å²) >= 11 is 5.95. The van der Waals surface area contributed by atoms with Crippen LogP contribution in [-0.4, -0.2) is 34.5 Å². The first kappa shape index (κ1) is 15.8. The van der Waals surface area contributed by atoms with Gasteiger partial charge in [-0.1, -0.05) is 30.7 Å². The fourth-order valence-electron chi connectivity index (χ4n) is 2.93. The predicted molar refractivity (Wildman–Crippen MR) is 81.3 cm³/mol. The molecule has 1 fully saturated rings. The smallest absolute Gasteiger partial charge is 0.305 e. The number of hydrogen-bond acceptors (Lipinski definition) is 2. The molecule has 0 aliphatic carbocycles. The Hall–Kier alpha value is -1.55. The van der Waals surface area contributed by atoms with Crippen molar-refractivity contribution in [2.75, 3.05) is 6.54 Å². The second kappa shape index (κ2) is 6.94. The van der Waals surface area contributed by atoms with Gasteiger partial charge in [0.1, 0.15) is 0 Å². The molecule has 0 bridgehead atoms. The van der Waals surface area contributed by atoms with Gasteiger partial charge in [-0.2, -0.15) is 0 Å². The third kappa shape index (κ3) is 4.21. The SMILES string of the molecule is CC(Cc1cccc(Cl)c1)C(=O)N1CCCC1CC(=O)O. The van der Waals surface area contributed by atoms with Crippen molar-refractivity contribution in [3.8, 4) is 0 Å². The van der Waals surface area contributed by atoms with E-state index in [0.29, 0.717) is 18.0 Å². The number of carboxylic acids is 1. The van der Waals surface area contributed by atoms with Crippen LogP contribution in [0.3, 0.4) is 0 Å². The number of likely N-dealkylation sites (tertiary alicyclic amines) is 1.